The number of hydrogen-bond donors (Lipinski definition) is 2. The summed E-state index contributed by atoms with van der Waals surface area (Å²) in [5, 5.41) is 12.9. The summed E-state index contributed by atoms with van der Waals surface area (Å²) in [5.41, 5.74) is 3.70. The molecule has 2 N–H and O–H groups in total. The Bertz CT molecular complexity index is 871. The second-order valence-electron chi connectivity index (χ2n) is 6.41. The van der Waals surface area contributed by atoms with E-state index in [4.69, 9.17) is 0 Å². The van der Waals surface area contributed by atoms with Crippen molar-refractivity contribution in [2.24, 2.45) is 7.05 Å². The molecular formula is C20H24N4OS. The number of aromatic nitrogens is 2. The third-order valence-corrected chi connectivity index (χ3v) is 5.46. The molecule has 0 fully saturated rings. The van der Waals surface area contributed by atoms with Gasteiger partial charge in [-0.15, -0.1) is 11.3 Å². The second kappa shape index (κ2) is 7.85. The van der Waals surface area contributed by atoms with Crippen molar-refractivity contribution in [3.63, 3.8) is 0 Å². The first-order valence-electron chi connectivity index (χ1n) is 8.63. The summed E-state index contributed by atoms with van der Waals surface area (Å²) in [6.45, 7) is 5.74. The van der Waals surface area contributed by atoms with E-state index in [1.54, 1.807) is 16.0 Å². The molecule has 0 saturated heterocycles. The van der Waals surface area contributed by atoms with Gasteiger partial charge in [-0.05, 0) is 37.8 Å². The maximum absolute atomic E-state index is 12.8. The average molecular weight is 369 g/mol. The molecule has 1 aromatic carbocycles. The minimum atomic E-state index is -0.360. The molecule has 2 atom stereocenters. The maximum Gasteiger partial charge on any atom is 0.241 e. The Morgan fingerprint density at radius 1 is 1.15 bits per heavy atom. The first-order chi connectivity index (χ1) is 12.5. The fraction of sp³-hybridized carbons (Fsp3) is 0.300. The lowest BCUT2D eigenvalue weighted by Crippen LogP contribution is -2.40. The number of nitrogens with zero attached hydrogens (tertiary/aromatic N) is 2. The van der Waals surface area contributed by atoms with Crippen molar-refractivity contribution in [3.8, 4) is 0 Å². The summed E-state index contributed by atoms with van der Waals surface area (Å²) < 4.78 is 1.78. The van der Waals surface area contributed by atoms with Crippen LogP contribution in [0.15, 0.2) is 47.8 Å². The molecule has 2 heterocycles. The number of hydrogen-bond acceptors (Lipinski definition) is 4. The van der Waals surface area contributed by atoms with E-state index < -0.39 is 0 Å². The highest BCUT2D eigenvalue weighted by Gasteiger charge is 2.23. The van der Waals surface area contributed by atoms with E-state index in [-0.39, 0.29) is 18.0 Å². The van der Waals surface area contributed by atoms with Crippen LogP contribution in [-0.4, -0.2) is 21.7 Å². The highest BCUT2D eigenvalue weighted by atomic mass is 32.1. The van der Waals surface area contributed by atoms with Crippen LogP contribution in [0, 0.1) is 13.8 Å². The molecule has 3 rings (SSSR count). The summed E-state index contributed by atoms with van der Waals surface area (Å²) in [4.78, 5) is 13.9. The zero-order valence-electron chi connectivity index (χ0n) is 15.5. The number of nitrogens with one attached hydrogen (secondary N) is 2. The summed E-state index contributed by atoms with van der Waals surface area (Å²) >= 11 is 1.68. The monoisotopic (exact) mass is 368 g/mol. The van der Waals surface area contributed by atoms with Gasteiger partial charge in [-0.3, -0.25) is 14.8 Å². The van der Waals surface area contributed by atoms with Crippen LogP contribution in [0.1, 0.15) is 34.8 Å². The number of thiophene rings is 1. The van der Waals surface area contributed by atoms with Crippen molar-refractivity contribution in [3.05, 3.63) is 69.7 Å². The van der Waals surface area contributed by atoms with Crippen molar-refractivity contribution in [1.82, 2.24) is 15.1 Å². The zero-order valence-corrected chi connectivity index (χ0v) is 16.3. The van der Waals surface area contributed by atoms with Crippen LogP contribution in [-0.2, 0) is 11.8 Å². The molecule has 0 unspecified atom stereocenters. The van der Waals surface area contributed by atoms with Crippen LogP contribution in [0.4, 0.5) is 5.69 Å². The average Bonchev–Trinajstić information content (AvgIpc) is 3.25. The van der Waals surface area contributed by atoms with Gasteiger partial charge in [0.2, 0.25) is 5.91 Å². The number of carbonyl (C=O) groups excluding carboxylic acids is 1. The van der Waals surface area contributed by atoms with E-state index in [2.05, 4.69) is 39.3 Å². The van der Waals surface area contributed by atoms with E-state index in [0.717, 1.165) is 22.6 Å². The number of amides is 1. The van der Waals surface area contributed by atoms with Gasteiger partial charge in [0, 0.05) is 11.9 Å². The lowest BCUT2D eigenvalue weighted by atomic mass is 10.0. The first kappa shape index (κ1) is 18.4. The highest BCUT2D eigenvalue weighted by Crippen LogP contribution is 2.26. The number of benzene rings is 1. The zero-order chi connectivity index (χ0) is 18.7. The van der Waals surface area contributed by atoms with Crippen molar-refractivity contribution in [1.29, 1.82) is 0 Å². The van der Waals surface area contributed by atoms with Gasteiger partial charge < -0.3 is 5.32 Å². The Labute approximate surface area is 158 Å². The number of rotatable bonds is 6. The topological polar surface area (TPSA) is 59.0 Å². The van der Waals surface area contributed by atoms with Gasteiger partial charge in [0.05, 0.1) is 29.2 Å². The highest BCUT2D eigenvalue weighted by molar-refractivity contribution is 7.10. The molecule has 0 aliphatic heterocycles. The normalized spacial score (nSPS) is 13.4. The lowest BCUT2D eigenvalue weighted by Gasteiger charge is -2.22. The molecule has 136 valence electrons. The summed E-state index contributed by atoms with van der Waals surface area (Å²) in [6, 6.07) is 13.9. The van der Waals surface area contributed by atoms with Gasteiger partial charge in [0.15, 0.2) is 0 Å². The van der Waals surface area contributed by atoms with E-state index in [1.807, 2.05) is 52.1 Å². The minimum Gasteiger partial charge on any atom is -0.322 e. The molecule has 5 nitrogen and oxygen atoms in total. The van der Waals surface area contributed by atoms with Crippen LogP contribution in [0.3, 0.4) is 0 Å². The van der Waals surface area contributed by atoms with Gasteiger partial charge in [-0.1, -0.05) is 36.4 Å². The molecule has 0 saturated carbocycles. The molecule has 26 heavy (non-hydrogen) atoms. The molecule has 1 amide bonds. The molecular weight excluding hydrogens is 344 g/mol. The smallest absolute Gasteiger partial charge is 0.241 e. The van der Waals surface area contributed by atoms with Gasteiger partial charge >= 0.3 is 0 Å². The Kier molecular flexibility index (Phi) is 5.54. The Hall–Kier alpha value is -2.44. The van der Waals surface area contributed by atoms with Crippen LogP contribution < -0.4 is 10.6 Å². The predicted octanol–water partition coefficient (Wildman–Crippen LogP) is 3.80. The van der Waals surface area contributed by atoms with Crippen LogP contribution in [0.2, 0.25) is 0 Å². The first-order valence-corrected chi connectivity index (χ1v) is 9.50. The molecule has 2 aromatic heterocycles. The van der Waals surface area contributed by atoms with Crippen LogP contribution in [0.25, 0.3) is 0 Å². The number of carbonyl (C=O) groups is 1. The number of anilines is 1. The van der Waals surface area contributed by atoms with Gasteiger partial charge in [-0.2, -0.15) is 5.10 Å². The van der Waals surface area contributed by atoms with E-state index >= 15 is 0 Å². The van der Waals surface area contributed by atoms with Crippen LogP contribution >= 0.6 is 11.3 Å². The summed E-state index contributed by atoms with van der Waals surface area (Å²) in [6.07, 6.45) is 0. The molecule has 3 aromatic rings. The minimum absolute atomic E-state index is 0.0203. The van der Waals surface area contributed by atoms with Gasteiger partial charge in [-0.25, -0.2) is 0 Å². The van der Waals surface area contributed by atoms with E-state index in [0.29, 0.717) is 0 Å². The lowest BCUT2D eigenvalue weighted by molar-refractivity contribution is -0.117. The van der Waals surface area contributed by atoms with Gasteiger partial charge in [0.1, 0.15) is 0 Å². The second-order valence-corrected chi connectivity index (χ2v) is 7.39. The summed E-state index contributed by atoms with van der Waals surface area (Å²) in [7, 11) is 1.88. The number of aryl methyl sites for hydroxylation is 2. The van der Waals surface area contributed by atoms with Crippen molar-refractivity contribution in [2.45, 2.75) is 32.9 Å². The van der Waals surface area contributed by atoms with E-state index in [1.165, 1.54) is 4.88 Å². The van der Waals surface area contributed by atoms with Crippen molar-refractivity contribution in [2.75, 3.05) is 5.32 Å². The van der Waals surface area contributed by atoms with Crippen molar-refractivity contribution < 1.29 is 4.79 Å². The van der Waals surface area contributed by atoms with E-state index in [9.17, 15) is 4.79 Å². The molecule has 0 spiro atoms. The largest absolute Gasteiger partial charge is 0.322 e. The fourth-order valence-electron chi connectivity index (χ4n) is 2.96. The van der Waals surface area contributed by atoms with Crippen molar-refractivity contribution >= 4 is 22.9 Å². The molecule has 0 bridgehead atoms. The quantitative estimate of drug-likeness (QED) is 0.696. The Morgan fingerprint density at radius 2 is 1.88 bits per heavy atom. The standard InChI is InChI=1S/C20H24N4OS/c1-13-18(15(3)24(4)23-13)22-20(25)14(2)21-19(17-11-8-12-26-17)16-9-6-5-7-10-16/h5-12,14,19,21H,1-4H3,(H,22,25)/t14-,19+/m1/s1. The third kappa shape index (κ3) is 3.86. The maximum atomic E-state index is 12.8. The van der Waals surface area contributed by atoms with Crippen LogP contribution in [0.5, 0.6) is 0 Å². The molecule has 6 heteroatoms. The Morgan fingerprint density at radius 3 is 2.46 bits per heavy atom. The Balaban J connectivity index is 1.77. The summed E-state index contributed by atoms with van der Waals surface area (Å²) in [5.74, 6) is -0.0679. The third-order valence-electron chi connectivity index (χ3n) is 4.53. The SMILES string of the molecule is Cc1nn(C)c(C)c1NC(=O)[C@@H](C)N[C@@H](c1ccccc1)c1cccs1. The molecule has 0 radical (unpaired) electrons. The predicted molar refractivity (Wildman–Crippen MR) is 107 cm³/mol. The fourth-order valence-corrected chi connectivity index (χ4v) is 3.77. The molecule has 0 aliphatic carbocycles. The van der Waals surface area contributed by atoms with Gasteiger partial charge in [0.25, 0.3) is 0 Å². The molecule has 0 aliphatic rings.